The van der Waals surface area contributed by atoms with Crippen LogP contribution in [0.1, 0.15) is 16.7 Å². The molecular weight excluding hydrogens is 296 g/mol. The molecule has 0 aliphatic heterocycles. The lowest BCUT2D eigenvalue weighted by atomic mass is 10.1. The van der Waals surface area contributed by atoms with Crippen molar-refractivity contribution in [2.45, 2.75) is 24.8 Å². The Bertz CT molecular complexity index is 763. The highest BCUT2D eigenvalue weighted by molar-refractivity contribution is 7.98. The number of thioether (sulfide) groups is 1. The summed E-state index contributed by atoms with van der Waals surface area (Å²) < 4.78 is 1.67. The molecule has 0 saturated carbocycles. The molecule has 0 radical (unpaired) electrons. The van der Waals surface area contributed by atoms with Gasteiger partial charge in [0.2, 0.25) is 5.16 Å². The normalized spacial score (nSPS) is 10.8. The van der Waals surface area contributed by atoms with Crippen molar-refractivity contribution < 1.29 is 5.11 Å². The van der Waals surface area contributed by atoms with E-state index in [-0.39, 0.29) is 5.75 Å². The molecule has 0 fully saturated rings. The third kappa shape index (κ3) is 3.28. The molecule has 1 aromatic heterocycles. The number of aryl methyl sites for hydroxylation is 2. The van der Waals surface area contributed by atoms with Gasteiger partial charge in [0.15, 0.2) is 0 Å². The minimum atomic E-state index is 0.223. The minimum absolute atomic E-state index is 0.223. The van der Waals surface area contributed by atoms with Crippen LogP contribution in [-0.2, 0) is 5.75 Å². The SMILES string of the molecule is Cc1cc(C)cc(CSc2nnnn2-c2ccc(O)cc2)c1. The van der Waals surface area contributed by atoms with E-state index in [1.165, 1.54) is 16.7 Å². The molecule has 3 aromatic rings. The maximum Gasteiger partial charge on any atom is 0.214 e. The molecule has 0 spiro atoms. The van der Waals surface area contributed by atoms with Crippen molar-refractivity contribution in [2.75, 3.05) is 0 Å². The number of aromatic hydroxyl groups is 1. The second-order valence-corrected chi connectivity index (χ2v) is 6.12. The Hall–Kier alpha value is -2.34. The van der Waals surface area contributed by atoms with E-state index < -0.39 is 0 Å². The fourth-order valence-electron chi connectivity index (χ4n) is 2.32. The fourth-order valence-corrected chi connectivity index (χ4v) is 3.15. The van der Waals surface area contributed by atoms with Crippen LogP contribution in [0.4, 0.5) is 0 Å². The lowest BCUT2D eigenvalue weighted by molar-refractivity contribution is 0.475. The quantitative estimate of drug-likeness (QED) is 0.749. The second-order valence-electron chi connectivity index (χ2n) is 5.17. The van der Waals surface area contributed by atoms with Crippen molar-refractivity contribution in [2.24, 2.45) is 0 Å². The highest BCUT2D eigenvalue weighted by Gasteiger charge is 2.09. The summed E-state index contributed by atoms with van der Waals surface area (Å²) in [6, 6.07) is 13.3. The number of tetrazole rings is 1. The van der Waals surface area contributed by atoms with Crippen molar-refractivity contribution in [3.63, 3.8) is 0 Å². The molecule has 5 nitrogen and oxygen atoms in total. The first-order valence-electron chi connectivity index (χ1n) is 6.89. The summed E-state index contributed by atoms with van der Waals surface area (Å²) in [5, 5.41) is 21.9. The van der Waals surface area contributed by atoms with Gasteiger partial charge in [0, 0.05) is 5.75 Å². The molecule has 1 N–H and O–H groups in total. The second kappa shape index (κ2) is 6.19. The van der Waals surface area contributed by atoms with Crippen LogP contribution in [0.5, 0.6) is 5.75 Å². The summed E-state index contributed by atoms with van der Waals surface area (Å²) in [6.45, 7) is 4.20. The van der Waals surface area contributed by atoms with Crippen LogP contribution in [-0.4, -0.2) is 25.3 Å². The average molecular weight is 312 g/mol. The molecular formula is C16H16N4OS. The van der Waals surface area contributed by atoms with Crippen LogP contribution in [0.15, 0.2) is 47.6 Å². The van der Waals surface area contributed by atoms with Crippen molar-refractivity contribution in [1.82, 2.24) is 20.2 Å². The molecule has 6 heteroatoms. The molecule has 0 unspecified atom stereocenters. The molecule has 0 atom stereocenters. The van der Waals surface area contributed by atoms with Gasteiger partial charge in [-0.3, -0.25) is 0 Å². The zero-order valence-electron chi connectivity index (χ0n) is 12.4. The Kier molecular flexibility index (Phi) is 4.11. The number of rotatable bonds is 4. The van der Waals surface area contributed by atoms with Gasteiger partial charge in [0.1, 0.15) is 5.75 Å². The maximum atomic E-state index is 9.36. The van der Waals surface area contributed by atoms with Gasteiger partial charge in [-0.15, -0.1) is 5.10 Å². The fraction of sp³-hybridized carbons (Fsp3) is 0.188. The largest absolute Gasteiger partial charge is 0.508 e. The average Bonchev–Trinajstić information content (AvgIpc) is 2.93. The predicted molar refractivity (Wildman–Crippen MR) is 86.3 cm³/mol. The summed E-state index contributed by atoms with van der Waals surface area (Å²) in [5.41, 5.74) is 4.59. The third-order valence-electron chi connectivity index (χ3n) is 3.18. The van der Waals surface area contributed by atoms with Gasteiger partial charge in [0.05, 0.1) is 5.69 Å². The van der Waals surface area contributed by atoms with Crippen molar-refractivity contribution in [3.8, 4) is 11.4 Å². The lowest BCUT2D eigenvalue weighted by Crippen LogP contribution is -1.98. The summed E-state index contributed by atoms with van der Waals surface area (Å²) in [5.74, 6) is 1.03. The monoisotopic (exact) mass is 312 g/mol. The van der Waals surface area contributed by atoms with E-state index in [2.05, 4.69) is 47.6 Å². The Morgan fingerprint density at radius 2 is 1.73 bits per heavy atom. The number of benzene rings is 2. The Labute approximate surface area is 133 Å². The van der Waals surface area contributed by atoms with Gasteiger partial charge >= 0.3 is 0 Å². The molecule has 112 valence electrons. The smallest absolute Gasteiger partial charge is 0.214 e. The number of hydrogen-bond acceptors (Lipinski definition) is 5. The number of phenols is 1. The van der Waals surface area contributed by atoms with Crippen LogP contribution < -0.4 is 0 Å². The van der Waals surface area contributed by atoms with Crippen molar-refractivity contribution in [3.05, 3.63) is 59.2 Å². The number of hydrogen-bond donors (Lipinski definition) is 1. The Morgan fingerprint density at radius 1 is 1.05 bits per heavy atom. The van der Waals surface area contributed by atoms with Crippen molar-refractivity contribution in [1.29, 1.82) is 0 Å². The standard InChI is InChI=1S/C16H16N4OS/c1-11-7-12(2)9-13(8-11)10-22-16-17-18-19-20(16)14-3-5-15(21)6-4-14/h3-9,21H,10H2,1-2H3. The van der Waals surface area contributed by atoms with Gasteiger partial charge in [-0.05, 0) is 54.1 Å². The molecule has 0 aliphatic carbocycles. The maximum absolute atomic E-state index is 9.36. The highest BCUT2D eigenvalue weighted by Crippen LogP contribution is 2.24. The lowest BCUT2D eigenvalue weighted by Gasteiger charge is -2.06. The minimum Gasteiger partial charge on any atom is -0.508 e. The van der Waals surface area contributed by atoms with E-state index in [1.54, 1.807) is 40.7 Å². The number of aromatic nitrogens is 4. The summed E-state index contributed by atoms with van der Waals surface area (Å²) in [7, 11) is 0. The van der Waals surface area contributed by atoms with E-state index in [0.717, 1.165) is 16.6 Å². The molecule has 0 bridgehead atoms. The molecule has 1 heterocycles. The zero-order chi connectivity index (χ0) is 15.5. The highest BCUT2D eigenvalue weighted by atomic mass is 32.2. The van der Waals surface area contributed by atoms with Gasteiger partial charge in [-0.1, -0.05) is 41.1 Å². The Morgan fingerprint density at radius 3 is 2.41 bits per heavy atom. The van der Waals surface area contributed by atoms with Gasteiger partial charge in [0.25, 0.3) is 0 Å². The summed E-state index contributed by atoms with van der Waals surface area (Å²) in [6.07, 6.45) is 0. The van der Waals surface area contributed by atoms with E-state index in [0.29, 0.717) is 0 Å². The summed E-state index contributed by atoms with van der Waals surface area (Å²) >= 11 is 1.59. The zero-order valence-corrected chi connectivity index (χ0v) is 13.2. The van der Waals surface area contributed by atoms with Crippen LogP contribution >= 0.6 is 11.8 Å². The first kappa shape index (κ1) is 14.6. The van der Waals surface area contributed by atoms with E-state index >= 15 is 0 Å². The van der Waals surface area contributed by atoms with E-state index in [1.807, 2.05) is 0 Å². The predicted octanol–water partition coefficient (Wildman–Crippen LogP) is 3.28. The number of phenolic OH excluding ortho intramolecular Hbond substituents is 1. The molecule has 0 aliphatic rings. The number of nitrogens with zero attached hydrogens (tertiary/aromatic N) is 4. The Balaban J connectivity index is 1.79. The van der Waals surface area contributed by atoms with Crippen LogP contribution in [0.25, 0.3) is 5.69 Å². The molecule has 22 heavy (non-hydrogen) atoms. The molecule has 3 rings (SSSR count). The van der Waals surface area contributed by atoms with Gasteiger partial charge in [-0.25, -0.2) is 0 Å². The first-order valence-corrected chi connectivity index (χ1v) is 7.88. The van der Waals surface area contributed by atoms with E-state index in [9.17, 15) is 5.11 Å². The molecule has 0 amide bonds. The van der Waals surface area contributed by atoms with Gasteiger partial charge < -0.3 is 5.11 Å². The summed E-state index contributed by atoms with van der Waals surface area (Å²) in [4.78, 5) is 0. The molecule has 0 saturated heterocycles. The van der Waals surface area contributed by atoms with E-state index in [4.69, 9.17) is 0 Å². The first-order chi connectivity index (χ1) is 10.6. The molecule has 2 aromatic carbocycles. The van der Waals surface area contributed by atoms with Crippen LogP contribution in [0.2, 0.25) is 0 Å². The van der Waals surface area contributed by atoms with Crippen molar-refractivity contribution >= 4 is 11.8 Å². The van der Waals surface area contributed by atoms with Crippen LogP contribution in [0.3, 0.4) is 0 Å². The van der Waals surface area contributed by atoms with Gasteiger partial charge in [-0.2, -0.15) is 4.68 Å². The van der Waals surface area contributed by atoms with Crippen LogP contribution in [0, 0.1) is 13.8 Å². The topological polar surface area (TPSA) is 63.8 Å². The third-order valence-corrected chi connectivity index (χ3v) is 4.18.